The fraction of sp³-hybridized carbons (Fsp3) is 0.625. The standard InChI is InChI=1S/C16H23N5S/c1-2-18-14-13-11-5-3-4-6-12(11)22-15(13)20-16(19-14)21-9-7-17-8-10-21/h17H,2-10H2,1H3,(H,18,19,20). The Balaban J connectivity index is 1.83. The molecule has 2 N–H and O–H groups in total. The van der Waals surface area contributed by atoms with Crippen LogP contribution in [-0.4, -0.2) is 42.7 Å². The Morgan fingerprint density at radius 1 is 1.18 bits per heavy atom. The normalized spacial score (nSPS) is 18.5. The molecule has 1 fully saturated rings. The zero-order chi connectivity index (χ0) is 14.9. The Labute approximate surface area is 135 Å². The summed E-state index contributed by atoms with van der Waals surface area (Å²) in [5.41, 5.74) is 1.51. The minimum absolute atomic E-state index is 0.892. The second kappa shape index (κ2) is 6.01. The van der Waals surface area contributed by atoms with Crippen molar-refractivity contribution in [2.75, 3.05) is 42.9 Å². The number of aromatic nitrogens is 2. The highest BCUT2D eigenvalue weighted by Crippen LogP contribution is 2.39. The molecule has 0 radical (unpaired) electrons. The fourth-order valence-corrected chi connectivity index (χ4v) is 4.70. The maximum atomic E-state index is 4.91. The number of rotatable bonds is 3. The van der Waals surface area contributed by atoms with E-state index in [9.17, 15) is 0 Å². The summed E-state index contributed by atoms with van der Waals surface area (Å²) in [5.74, 6) is 1.93. The molecule has 3 heterocycles. The molecule has 0 aromatic carbocycles. The van der Waals surface area contributed by atoms with E-state index in [0.29, 0.717) is 0 Å². The summed E-state index contributed by atoms with van der Waals surface area (Å²) in [6.07, 6.45) is 5.01. The summed E-state index contributed by atoms with van der Waals surface area (Å²) in [6.45, 7) is 7.04. The highest BCUT2D eigenvalue weighted by atomic mass is 32.1. The van der Waals surface area contributed by atoms with Gasteiger partial charge >= 0.3 is 0 Å². The van der Waals surface area contributed by atoms with E-state index in [2.05, 4.69) is 22.5 Å². The van der Waals surface area contributed by atoms with Crippen molar-refractivity contribution in [3.63, 3.8) is 0 Å². The van der Waals surface area contributed by atoms with Crippen molar-refractivity contribution in [1.82, 2.24) is 15.3 Å². The van der Waals surface area contributed by atoms with Crippen LogP contribution in [0.4, 0.5) is 11.8 Å². The van der Waals surface area contributed by atoms with Crippen molar-refractivity contribution in [3.05, 3.63) is 10.4 Å². The smallest absolute Gasteiger partial charge is 0.228 e. The molecular weight excluding hydrogens is 294 g/mol. The van der Waals surface area contributed by atoms with Gasteiger partial charge in [-0.05, 0) is 38.2 Å². The van der Waals surface area contributed by atoms with Crippen molar-refractivity contribution in [1.29, 1.82) is 0 Å². The van der Waals surface area contributed by atoms with Crippen LogP contribution in [0, 0.1) is 0 Å². The average molecular weight is 317 g/mol. The van der Waals surface area contributed by atoms with E-state index in [1.165, 1.54) is 46.3 Å². The molecule has 0 spiro atoms. The van der Waals surface area contributed by atoms with Gasteiger partial charge in [-0.25, -0.2) is 4.98 Å². The van der Waals surface area contributed by atoms with Gasteiger partial charge in [0.25, 0.3) is 0 Å². The molecule has 2 aliphatic rings. The lowest BCUT2D eigenvalue weighted by Crippen LogP contribution is -2.44. The van der Waals surface area contributed by atoms with Crippen LogP contribution in [0.15, 0.2) is 0 Å². The predicted molar refractivity (Wildman–Crippen MR) is 93.3 cm³/mol. The van der Waals surface area contributed by atoms with Gasteiger partial charge < -0.3 is 15.5 Å². The van der Waals surface area contributed by atoms with E-state index in [1.54, 1.807) is 0 Å². The van der Waals surface area contributed by atoms with Crippen molar-refractivity contribution >= 4 is 33.3 Å². The van der Waals surface area contributed by atoms with Gasteiger partial charge in [0.05, 0.1) is 5.39 Å². The SMILES string of the molecule is CCNc1nc(N2CCNCC2)nc2sc3c(c12)CCCC3. The fourth-order valence-electron chi connectivity index (χ4n) is 3.45. The van der Waals surface area contributed by atoms with Crippen molar-refractivity contribution in [2.24, 2.45) is 0 Å². The first-order valence-electron chi connectivity index (χ1n) is 8.38. The number of fused-ring (bicyclic) bond motifs is 3. The summed E-state index contributed by atoms with van der Waals surface area (Å²) in [5, 5.41) is 8.16. The minimum atomic E-state index is 0.892. The highest BCUT2D eigenvalue weighted by Gasteiger charge is 2.22. The average Bonchev–Trinajstić information content (AvgIpc) is 2.94. The lowest BCUT2D eigenvalue weighted by atomic mass is 9.97. The van der Waals surface area contributed by atoms with Crippen molar-refractivity contribution in [3.8, 4) is 0 Å². The monoisotopic (exact) mass is 317 g/mol. The lowest BCUT2D eigenvalue weighted by Gasteiger charge is -2.27. The molecule has 118 valence electrons. The molecule has 5 nitrogen and oxygen atoms in total. The Morgan fingerprint density at radius 2 is 2.00 bits per heavy atom. The molecular formula is C16H23N5S. The van der Waals surface area contributed by atoms with E-state index >= 15 is 0 Å². The molecule has 0 amide bonds. The molecule has 1 aliphatic carbocycles. The molecule has 1 saturated heterocycles. The van der Waals surface area contributed by atoms with Crippen LogP contribution in [-0.2, 0) is 12.8 Å². The number of piperazine rings is 1. The molecule has 0 saturated carbocycles. The third-order valence-corrected chi connectivity index (χ3v) is 5.73. The van der Waals surface area contributed by atoms with Gasteiger partial charge in [-0.3, -0.25) is 0 Å². The summed E-state index contributed by atoms with van der Waals surface area (Å²) in [7, 11) is 0. The molecule has 1 aliphatic heterocycles. The zero-order valence-electron chi connectivity index (χ0n) is 13.1. The van der Waals surface area contributed by atoms with E-state index in [-0.39, 0.29) is 0 Å². The quantitative estimate of drug-likeness (QED) is 0.910. The number of anilines is 2. The number of thiophene rings is 1. The Hall–Kier alpha value is -1.40. The Bertz CT molecular complexity index is 675. The van der Waals surface area contributed by atoms with Gasteiger partial charge in [0.1, 0.15) is 10.6 Å². The highest BCUT2D eigenvalue weighted by molar-refractivity contribution is 7.19. The first kappa shape index (κ1) is 14.2. The van der Waals surface area contributed by atoms with Crippen LogP contribution in [0.3, 0.4) is 0 Å². The van der Waals surface area contributed by atoms with Crippen LogP contribution in [0.5, 0.6) is 0 Å². The maximum Gasteiger partial charge on any atom is 0.228 e. The number of hydrogen-bond acceptors (Lipinski definition) is 6. The van der Waals surface area contributed by atoms with Gasteiger partial charge in [-0.15, -0.1) is 11.3 Å². The summed E-state index contributed by atoms with van der Waals surface area (Å²) in [4.78, 5) is 14.8. The molecule has 22 heavy (non-hydrogen) atoms. The summed E-state index contributed by atoms with van der Waals surface area (Å²) >= 11 is 1.88. The Morgan fingerprint density at radius 3 is 2.82 bits per heavy atom. The van der Waals surface area contributed by atoms with Crippen LogP contribution in [0.1, 0.15) is 30.2 Å². The van der Waals surface area contributed by atoms with E-state index < -0.39 is 0 Å². The second-order valence-electron chi connectivity index (χ2n) is 6.03. The second-order valence-corrected chi connectivity index (χ2v) is 7.11. The minimum Gasteiger partial charge on any atom is -0.370 e. The topological polar surface area (TPSA) is 53.1 Å². The summed E-state index contributed by atoms with van der Waals surface area (Å²) in [6, 6.07) is 0. The van der Waals surface area contributed by atoms with E-state index in [4.69, 9.17) is 9.97 Å². The van der Waals surface area contributed by atoms with E-state index in [1.807, 2.05) is 11.3 Å². The third kappa shape index (κ3) is 2.44. The molecule has 2 aromatic rings. The van der Waals surface area contributed by atoms with Gasteiger partial charge in [0.15, 0.2) is 0 Å². The van der Waals surface area contributed by atoms with Gasteiger partial charge in [-0.1, -0.05) is 0 Å². The Kier molecular flexibility index (Phi) is 3.88. The number of nitrogens with one attached hydrogen (secondary N) is 2. The third-order valence-electron chi connectivity index (χ3n) is 4.55. The van der Waals surface area contributed by atoms with Gasteiger partial charge in [-0.2, -0.15) is 4.98 Å². The van der Waals surface area contributed by atoms with Crippen LogP contribution in [0.25, 0.3) is 10.2 Å². The van der Waals surface area contributed by atoms with Crippen LogP contribution >= 0.6 is 11.3 Å². The van der Waals surface area contributed by atoms with Crippen LogP contribution in [0.2, 0.25) is 0 Å². The maximum absolute atomic E-state index is 4.91. The molecule has 0 unspecified atom stereocenters. The zero-order valence-corrected chi connectivity index (χ0v) is 13.9. The summed E-state index contributed by atoms with van der Waals surface area (Å²) < 4.78 is 0. The molecule has 2 aromatic heterocycles. The van der Waals surface area contributed by atoms with Crippen LogP contribution < -0.4 is 15.5 Å². The van der Waals surface area contributed by atoms with Gasteiger partial charge in [0.2, 0.25) is 5.95 Å². The lowest BCUT2D eigenvalue weighted by molar-refractivity contribution is 0.581. The van der Waals surface area contributed by atoms with Crippen molar-refractivity contribution < 1.29 is 0 Å². The largest absolute Gasteiger partial charge is 0.370 e. The molecule has 4 rings (SSSR count). The van der Waals surface area contributed by atoms with Crippen molar-refractivity contribution in [2.45, 2.75) is 32.6 Å². The molecule has 0 bridgehead atoms. The predicted octanol–water partition coefficient (Wildman–Crippen LogP) is 2.41. The number of hydrogen-bond donors (Lipinski definition) is 2. The first-order chi connectivity index (χ1) is 10.9. The van der Waals surface area contributed by atoms with E-state index in [0.717, 1.165) is 44.5 Å². The molecule has 6 heteroatoms. The number of aryl methyl sites for hydroxylation is 2. The molecule has 0 atom stereocenters. The van der Waals surface area contributed by atoms with Gasteiger partial charge in [0, 0.05) is 37.6 Å². The number of nitrogens with zero attached hydrogens (tertiary/aromatic N) is 3. The first-order valence-corrected chi connectivity index (χ1v) is 9.20.